The Morgan fingerprint density at radius 3 is 2.75 bits per heavy atom. The molecule has 1 aliphatic rings. The normalized spacial score (nSPS) is 15.7. The van der Waals surface area contributed by atoms with Gasteiger partial charge in [0, 0.05) is 42.8 Å². The molecule has 126 valence electrons. The van der Waals surface area contributed by atoms with Gasteiger partial charge in [-0.25, -0.2) is 0 Å². The van der Waals surface area contributed by atoms with Crippen LogP contribution >= 0.6 is 11.3 Å². The fraction of sp³-hybridized carbons (Fsp3) is 0.316. The molecule has 4 nitrogen and oxygen atoms in total. The summed E-state index contributed by atoms with van der Waals surface area (Å²) in [5.74, 6) is 0.0591. The third-order valence-corrected chi connectivity index (χ3v) is 5.12. The van der Waals surface area contributed by atoms with Crippen molar-refractivity contribution in [2.24, 2.45) is 0 Å². The molecule has 1 aromatic heterocycles. The first kappa shape index (κ1) is 16.7. The summed E-state index contributed by atoms with van der Waals surface area (Å²) in [5.41, 5.74) is 2.11. The van der Waals surface area contributed by atoms with Crippen molar-refractivity contribution >= 4 is 29.0 Å². The van der Waals surface area contributed by atoms with E-state index < -0.39 is 0 Å². The van der Waals surface area contributed by atoms with Crippen molar-refractivity contribution < 1.29 is 9.90 Å². The van der Waals surface area contributed by atoms with Crippen LogP contribution in [0.15, 0.2) is 47.9 Å². The Labute approximate surface area is 146 Å². The van der Waals surface area contributed by atoms with E-state index in [0.717, 1.165) is 43.0 Å². The van der Waals surface area contributed by atoms with Gasteiger partial charge in [-0.1, -0.05) is 18.2 Å². The van der Waals surface area contributed by atoms with Crippen LogP contribution in [0.3, 0.4) is 0 Å². The molecule has 24 heavy (non-hydrogen) atoms. The lowest BCUT2D eigenvalue weighted by Gasteiger charge is -2.23. The van der Waals surface area contributed by atoms with Crippen LogP contribution in [0.4, 0.5) is 5.69 Å². The molecule has 3 rings (SSSR count). The zero-order valence-corrected chi connectivity index (χ0v) is 14.4. The average molecular weight is 342 g/mol. The smallest absolute Gasteiger partial charge is 0.246 e. The van der Waals surface area contributed by atoms with Crippen molar-refractivity contribution in [2.75, 3.05) is 31.1 Å². The fourth-order valence-electron chi connectivity index (χ4n) is 2.86. The van der Waals surface area contributed by atoms with Gasteiger partial charge in [0.2, 0.25) is 5.91 Å². The fourth-order valence-corrected chi connectivity index (χ4v) is 3.65. The minimum absolute atomic E-state index is 0.0414. The molecule has 0 spiro atoms. The van der Waals surface area contributed by atoms with E-state index in [1.54, 1.807) is 6.08 Å². The number of hydrogen-bond acceptors (Lipinski definition) is 4. The van der Waals surface area contributed by atoms with Crippen molar-refractivity contribution in [3.05, 3.63) is 58.3 Å². The first-order valence-corrected chi connectivity index (χ1v) is 9.09. The molecule has 0 saturated carbocycles. The number of thiophene rings is 1. The predicted molar refractivity (Wildman–Crippen MR) is 99.1 cm³/mol. The van der Waals surface area contributed by atoms with E-state index in [9.17, 15) is 4.79 Å². The Morgan fingerprint density at radius 1 is 1.17 bits per heavy atom. The summed E-state index contributed by atoms with van der Waals surface area (Å²) in [6, 6.07) is 12.3. The summed E-state index contributed by atoms with van der Waals surface area (Å²) in [7, 11) is 0. The van der Waals surface area contributed by atoms with E-state index in [1.807, 2.05) is 40.6 Å². The Kier molecular flexibility index (Phi) is 5.67. The van der Waals surface area contributed by atoms with Crippen molar-refractivity contribution in [3.8, 4) is 0 Å². The van der Waals surface area contributed by atoms with Gasteiger partial charge >= 0.3 is 0 Å². The van der Waals surface area contributed by atoms with Crippen molar-refractivity contribution in [3.63, 3.8) is 0 Å². The van der Waals surface area contributed by atoms with Gasteiger partial charge in [-0.15, -0.1) is 11.3 Å². The lowest BCUT2D eigenvalue weighted by Crippen LogP contribution is -2.34. The quantitative estimate of drug-likeness (QED) is 0.869. The van der Waals surface area contributed by atoms with E-state index in [0.29, 0.717) is 0 Å². The molecule has 1 fully saturated rings. The lowest BCUT2D eigenvalue weighted by molar-refractivity contribution is -0.125. The minimum Gasteiger partial charge on any atom is -0.392 e. The number of amides is 1. The predicted octanol–water partition coefficient (Wildman–Crippen LogP) is 2.99. The van der Waals surface area contributed by atoms with E-state index in [2.05, 4.69) is 17.0 Å². The Bertz CT molecular complexity index is 696. The molecular formula is C19H22N2O2S. The van der Waals surface area contributed by atoms with Crippen LogP contribution < -0.4 is 4.90 Å². The van der Waals surface area contributed by atoms with Crippen LogP contribution in [-0.2, 0) is 11.4 Å². The molecule has 1 aliphatic heterocycles. The standard InChI is InChI=1S/C19H22N2O2S/c22-14-16-13-18(24-15-16)7-8-19(23)21-10-4-9-20(11-12-21)17-5-2-1-3-6-17/h1-3,5-8,13,15,22H,4,9-12,14H2. The van der Waals surface area contributed by atoms with E-state index in [4.69, 9.17) is 5.11 Å². The Hall–Kier alpha value is -2.11. The summed E-state index contributed by atoms with van der Waals surface area (Å²) >= 11 is 1.54. The van der Waals surface area contributed by atoms with Crippen molar-refractivity contribution in [1.82, 2.24) is 4.90 Å². The van der Waals surface area contributed by atoms with Crippen LogP contribution in [0, 0.1) is 0 Å². The average Bonchev–Trinajstić information content (AvgIpc) is 2.95. The van der Waals surface area contributed by atoms with Gasteiger partial charge in [-0.05, 0) is 41.6 Å². The summed E-state index contributed by atoms with van der Waals surface area (Å²) in [6.07, 6.45) is 4.46. The van der Waals surface area contributed by atoms with Crippen molar-refractivity contribution in [2.45, 2.75) is 13.0 Å². The summed E-state index contributed by atoms with van der Waals surface area (Å²) in [5, 5.41) is 11.0. The minimum atomic E-state index is 0.0414. The maximum Gasteiger partial charge on any atom is 0.246 e. The highest BCUT2D eigenvalue weighted by Crippen LogP contribution is 2.18. The zero-order valence-electron chi connectivity index (χ0n) is 13.6. The maximum atomic E-state index is 12.4. The second-order valence-corrected chi connectivity index (χ2v) is 6.79. The van der Waals surface area contributed by atoms with Gasteiger partial charge in [-0.2, -0.15) is 0 Å². The number of aliphatic hydroxyl groups excluding tert-OH is 1. The number of hydrogen-bond donors (Lipinski definition) is 1. The molecule has 0 radical (unpaired) electrons. The number of carbonyl (C=O) groups is 1. The molecule has 1 saturated heterocycles. The molecule has 2 aromatic rings. The number of anilines is 1. The number of benzene rings is 1. The zero-order chi connectivity index (χ0) is 16.8. The molecule has 0 aliphatic carbocycles. The highest BCUT2D eigenvalue weighted by atomic mass is 32.1. The number of rotatable bonds is 4. The molecule has 2 heterocycles. The molecule has 1 N–H and O–H groups in total. The number of aliphatic hydroxyl groups is 1. The second-order valence-electron chi connectivity index (χ2n) is 5.85. The number of carbonyl (C=O) groups excluding carboxylic acids is 1. The molecule has 1 aromatic carbocycles. The summed E-state index contributed by atoms with van der Waals surface area (Å²) in [6.45, 7) is 3.41. The van der Waals surface area contributed by atoms with Crippen molar-refractivity contribution in [1.29, 1.82) is 0 Å². The Balaban J connectivity index is 1.58. The molecule has 1 amide bonds. The van der Waals surface area contributed by atoms with Gasteiger partial charge in [-0.3, -0.25) is 4.79 Å². The molecule has 0 atom stereocenters. The second kappa shape index (κ2) is 8.13. The Morgan fingerprint density at radius 2 is 2.00 bits per heavy atom. The SMILES string of the molecule is O=C(C=Cc1cc(CO)cs1)N1CCCN(c2ccccc2)CC1. The van der Waals surface area contributed by atoms with Gasteiger partial charge in [0.1, 0.15) is 0 Å². The van der Waals surface area contributed by atoms with Crippen LogP contribution in [0.25, 0.3) is 6.08 Å². The van der Waals surface area contributed by atoms with E-state index in [-0.39, 0.29) is 12.5 Å². The monoisotopic (exact) mass is 342 g/mol. The van der Waals surface area contributed by atoms with Crippen LogP contribution in [0.1, 0.15) is 16.9 Å². The molecule has 0 bridgehead atoms. The molecular weight excluding hydrogens is 320 g/mol. The number of nitrogens with zero attached hydrogens (tertiary/aromatic N) is 2. The highest BCUT2D eigenvalue weighted by molar-refractivity contribution is 7.11. The van der Waals surface area contributed by atoms with Crippen LogP contribution in [0.5, 0.6) is 0 Å². The van der Waals surface area contributed by atoms with Gasteiger partial charge < -0.3 is 14.9 Å². The third kappa shape index (κ3) is 4.24. The van der Waals surface area contributed by atoms with Gasteiger partial charge in [0.05, 0.1) is 6.61 Å². The van der Waals surface area contributed by atoms with E-state index >= 15 is 0 Å². The van der Waals surface area contributed by atoms with E-state index in [1.165, 1.54) is 17.0 Å². The topological polar surface area (TPSA) is 43.8 Å². The maximum absolute atomic E-state index is 12.4. The largest absolute Gasteiger partial charge is 0.392 e. The molecule has 0 unspecified atom stereocenters. The van der Waals surface area contributed by atoms with Gasteiger partial charge in [0.25, 0.3) is 0 Å². The van der Waals surface area contributed by atoms with Gasteiger partial charge in [0.15, 0.2) is 0 Å². The van der Waals surface area contributed by atoms with Crippen LogP contribution in [-0.4, -0.2) is 42.1 Å². The van der Waals surface area contributed by atoms with Crippen LogP contribution in [0.2, 0.25) is 0 Å². The summed E-state index contributed by atoms with van der Waals surface area (Å²) in [4.78, 5) is 17.7. The third-order valence-electron chi connectivity index (χ3n) is 4.18. The first-order chi connectivity index (χ1) is 11.8. The first-order valence-electron chi connectivity index (χ1n) is 8.21. The summed E-state index contributed by atoms with van der Waals surface area (Å²) < 4.78 is 0. The lowest BCUT2D eigenvalue weighted by atomic mass is 10.3. The highest BCUT2D eigenvalue weighted by Gasteiger charge is 2.17. The molecule has 5 heteroatoms. The number of para-hydroxylation sites is 1.